The van der Waals surface area contributed by atoms with Gasteiger partial charge in [0.2, 0.25) is 5.78 Å². The smallest absolute Gasteiger partial charge is 0.264 e. The van der Waals surface area contributed by atoms with Crippen LogP contribution in [0.1, 0.15) is 28.1 Å². The molecule has 1 aliphatic rings. The maximum atomic E-state index is 13.2. The van der Waals surface area contributed by atoms with E-state index in [1.807, 2.05) is 0 Å². The van der Waals surface area contributed by atoms with Gasteiger partial charge in [-0.15, -0.1) is 0 Å². The van der Waals surface area contributed by atoms with Gasteiger partial charge >= 0.3 is 0 Å². The first-order valence-electron chi connectivity index (χ1n) is 8.54. The van der Waals surface area contributed by atoms with Gasteiger partial charge in [0.15, 0.2) is 11.4 Å². The van der Waals surface area contributed by atoms with Crippen LogP contribution in [0.3, 0.4) is 0 Å². The Morgan fingerprint density at radius 3 is 2.61 bits per heavy atom. The monoisotopic (exact) mass is 415 g/mol. The van der Waals surface area contributed by atoms with E-state index in [1.165, 1.54) is 17.2 Å². The molecular formula is C21H15Cl2NO4. The molecule has 28 heavy (non-hydrogen) atoms. The van der Waals surface area contributed by atoms with Gasteiger partial charge in [0.25, 0.3) is 5.91 Å². The van der Waals surface area contributed by atoms with Gasteiger partial charge in [0.05, 0.1) is 24.9 Å². The number of nitrogens with zero attached hydrogens (tertiary/aromatic N) is 1. The van der Waals surface area contributed by atoms with Crippen molar-refractivity contribution in [3.8, 4) is 0 Å². The van der Waals surface area contributed by atoms with Crippen LogP contribution in [-0.2, 0) is 16.9 Å². The lowest BCUT2D eigenvalue weighted by Gasteiger charge is -2.23. The lowest BCUT2D eigenvalue weighted by Crippen LogP contribution is -2.41. The second kappa shape index (κ2) is 7.09. The molecule has 0 fully saturated rings. The Kier molecular flexibility index (Phi) is 4.75. The molecule has 1 aromatic heterocycles. The van der Waals surface area contributed by atoms with Gasteiger partial charge in [-0.05, 0) is 35.9 Å². The van der Waals surface area contributed by atoms with Crippen molar-refractivity contribution >= 4 is 40.6 Å². The van der Waals surface area contributed by atoms with Gasteiger partial charge < -0.3 is 14.4 Å². The van der Waals surface area contributed by atoms with Crippen LogP contribution >= 0.6 is 23.2 Å². The number of halogens is 2. The number of amides is 1. The molecule has 7 heteroatoms. The minimum absolute atomic E-state index is 0.0953. The van der Waals surface area contributed by atoms with E-state index >= 15 is 0 Å². The number of carbonyl (C=O) groups excluding carboxylic acids is 2. The average molecular weight is 416 g/mol. The van der Waals surface area contributed by atoms with Crippen molar-refractivity contribution in [2.45, 2.75) is 18.6 Å². The van der Waals surface area contributed by atoms with Crippen LogP contribution in [0, 0.1) is 0 Å². The van der Waals surface area contributed by atoms with Crippen LogP contribution in [0.15, 0.2) is 65.3 Å². The van der Waals surface area contributed by atoms with Gasteiger partial charge in [0, 0.05) is 15.6 Å². The molecule has 3 aromatic rings. The minimum Gasteiger partial charge on any atom is -0.461 e. The van der Waals surface area contributed by atoms with Crippen LogP contribution in [0.4, 0.5) is 5.69 Å². The van der Waals surface area contributed by atoms with Crippen molar-refractivity contribution in [2.75, 3.05) is 4.90 Å². The fraction of sp³-hybridized carbons (Fsp3) is 0.143. The third-order valence-electron chi connectivity index (χ3n) is 4.80. The highest BCUT2D eigenvalue weighted by Crippen LogP contribution is 2.44. The number of carbonyl (C=O) groups is 2. The standard InChI is InChI=1S/C21H15Cl2NO4/c22-14-8-7-13(16(23)10-14)12-24-17-5-2-1-4-15(17)21(27,20(24)26)11-18(25)19-6-3-9-28-19/h1-10,27H,11-12H2/t21-/m1/s1. The molecule has 1 atom stereocenters. The molecule has 0 aliphatic carbocycles. The van der Waals surface area contributed by atoms with Crippen LogP contribution in [0.2, 0.25) is 10.0 Å². The largest absolute Gasteiger partial charge is 0.461 e. The molecular weight excluding hydrogens is 401 g/mol. The summed E-state index contributed by atoms with van der Waals surface area (Å²) in [6.45, 7) is 0.142. The Hall–Kier alpha value is -2.60. The van der Waals surface area contributed by atoms with Gasteiger partial charge in [0.1, 0.15) is 0 Å². The lowest BCUT2D eigenvalue weighted by molar-refractivity contribution is -0.136. The number of aliphatic hydroxyl groups is 1. The number of Topliss-reactive ketones (excluding diaryl/α,β-unsaturated/α-hetero) is 1. The van der Waals surface area contributed by atoms with Crippen LogP contribution in [-0.4, -0.2) is 16.8 Å². The molecule has 0 radical (unpaired) electrons. The number of hydrogen-bond donors (Lipinski definition) is 1. The fourth-order valence-electron chi connectivity index (χ4n) is 3.41. The molecule has 0 spiro atoms. The average Bonchev–Trinajstić information content (AvgIpc) is 3.27. The fourth-order valence-corrected chi connectivity index (χ4v) is 3.88. The summed E-state index contributed by atoms with van der Waals surface area (Å²) >= 11 is 12.2. The zero-order chi connectivity index (χ0) is 19.9. The van der Waals surface area contributed by atoms with E-state index in [2.05, 4.69) is 0 Å². The van der Waals surface area contributed by atoms with E-state index in [1.54, 1.807) is 48.5 Å². The number of benzene rings is 2. The third-order valence-corrected chi connectivity index (χ3v) is 5.38. The summed E-state index contributed by atoms with van der Waals surface area (Å²) < 4.78 is 5.11. The lowest BCUT2D eigenvalue weighted by atomic mass is 9.89. The van der Waals surface area contributed by atoms with Gasteiger partial charge in [-0.1, -0.05) is 47.5 Å². The quantitative estimate of drug-likeness (QED) is 0.618. The molecule has 0 unspecified atom stereocenters. The summed E-state index contributed by atoms with van der Waals surface area (Å²) in [4.78, 5) is 27.1. The second-order valence-corrected chi connectivity index (χ2v) is 7.43. The van der Waals surface area contributed by atoms with E-state index in [9.17, 15) is 14.7 Å². The summed E-state index contributed by atoms with van der Waals surface area (Å²) in [6.07, 6.45) is 0.956. The molecule has 2 aromatic carbocycles. The van der Waals surface area contributed by atoms with Crippen molar-refractivity contribution in [3.63, 3.8) is 0 Å². The summed E-state index contributed by atoms with van der Waals surface area (Å²) in [5.41, 5.74) is -0.381. The summed E-state index contributed by atoms with van der Waals surface area (Å²) in [7, 11) is 0. The van der Waals surface area contributed by atoms with Crippen molar-refractivity contribution in [1.29, 1.82) is 0 Å². The molecule has 0 bridgehead atoms. The molecule has 0 saturated carbocycles. The molecule has 4 rings (SSSR count). The van der Waals surface area contributed by atoms with E-state index in [0.717, 1.165) is 0 Å². The first-order valence-corrected chi connectivity index (χ1v) is 9.30. The van der Waals surface area contributed by atoms with Crippen molar-refractivity contribution in [3.05, 3.63) is 87.8 Å². The number of ketones is 1. The predicted molar refractivity (Wildman–Crippen MR) is 106 cm³/mol. The number of rotatable bonds is 5. The highest BCUT2D eigenvalue weighted by molar-refractivity contribution is 6.35. The topological polar surface area (TPSA) is 70.8 Å². The molecule has 142 valence electrons. The van der Waals surface area contributed by atoms with Crippen LogP contribution in [0.25, 0.3) is 0 Å². The number of anilines is 1. The minimum atomic E-state index is -1.97. The van der Waals surface area contributed by atoms with E-state index < -0.39 is 23.7 Å². The highest BCUT2D eigenvalue weighted by Gasteiger charge is 2.51. The Morgan fingerprint density at radius 2 is 1.89 bits per heavy atom. The van der Waals surface area contributed by atoms with E-state index in [-0.39, 0.29) is 12.3 Å². The maximum absolute atomic E-state index is 13.2. The zero-order valence-electron chi connectivity index (χ0n) is 14.6. The summed E-state index contributed by atoms with van der Waals surface area (Å²) in [6, 6.07) is 14.9. The molecule has 1 aliphatic heterocycles. The highest BCUT2D eigenvalue weighted by atomic mass is 35.5. The number of para-hydroxylation sites is 1. The predicted octanol–water partition coefficient (Wildman–Crippen LogP) is 4.59. The Balaban J connectivity index is 1.70. The molecule has 2 heterocycles. The number of fused-ring (bicyclic) bond motifs is 1. The van der Waals surface area contributed by atoms with Crippen LogP contribution < -0.4 is 4.90 Å². The van der Waals surface area contributed by atoms with Crippen LogP contribution in [0.5, 0.6) is 0 Å². The van der Waals surface area contributed by atoms with E-state index in [0.29, 0.717) is 26.9 Å². The maximum Gasteiger partial charge on any atom is 0.264 e. The second-order valence-electron chi connectivity index (χ2n) is 6.58. The molecule has 0 saturated heterocycles. The van der Waals surface area contributed by atoms with Gasteiger partial charge in [-0.2, -0.15) is 0 Å². The zero-order valence-corrected chi connectivity index (χ0v) is 16.1. The van der Waals surface area contributed by atoms with E-state index in [4.69, 9.17) is 27.6 Å². The summed E-state index contributed by atoms with van der Waals surface area (Å²) in [5, 5.41) is 12.1. The Morgan fingerprint density at radius 1 is 1.11 bits per heavy atom. The van der Waals surface area contributed by atoms with Gasteiger partial charge in [-0.3, -0.25) is 9.59 Å². The molecule has 5 nitrogen and oxygen atoms in total. The van der Waals surface area contributed by atoms with Gasteiger partial charge in [-0.25, -0.2) is 0 Å². The van der Waals surface area contributed by atoms with Crippen molar-refractivity contribution in [1.82, 2.24) is 0 Å². The summed E-state index contributed by atoms with van der Waals surface area (Å²) in [5.74, 6) is -0.945. The molecule has 1 amide bonds. The first-order chi connectivity index (χ1) is 13.4. The Bertz CT molecular complexity index is 1060. The number of furan rings is 1. The number of hydrogen-bond acceptors (Lipinski definition) is 4. The van der Waals surface area contributed by atoms with Crippen molar-refractivity contribution in [2.24, 2.45) is 0 Å². The normalized spacial score (nSPS) is 18.4. The first kappa shape index (κ1) is 18.7. The molecule has 1 N–H and O–H groups in total. The Labute approximate surface area is 171 Å². The SMILES string of the molecule is O=C(C[C@]1(O)C(=O)N(Cc2ccc(Cl)cc2Cl)c2ccccc21)c1ccco1. The third kappa shape index (κ3) is 3.11. The van der Waals surface area contributed by atoms with Crippen molar-refractivity contribution < 1.29 is 19.1 Å².